The van der Waals surface area contributed by atoms with E-state index in [2.05, 4.69) is 12.2 Å². The first-order valence-corrected chi connectivity index (χ1v) is 7.34. The summed E-state index contributed by atoms with van der Waals surface area (Å²) in [7, 11) is 0. The smallest absolute Gasteiger partial charge is 0.320 e. The third kappa shape index (κ3) is 3.69. The molecule has 0 aromatic carbocycles. The molecular formula is C14H24N2O3. The Balaban J connectivity index is 1.82. The summed E-state index contributed by atoms with van der Waals surface area (Å²) in [5, 5.41) is 12.2. The Morgan fingerprint density at radius 2 is 1.95 bits per heavy atom. The van der Waals surface area contributed by atoms with Crippen LogP contribution in [0.25, 0.3) is 0 Å². The van der Waals surface area contributed by atoms with Crippen LogP contribution in [0.1, 0.15) is 45.4 Å². The fourth-order valence-corrected chi connectivity index (χ4v) is 3.26. The largest absolute Gasteiger partial charge is 0.480 e. The van der Waals surface area contributed by atoms with Gasteiger partial charge in [-0.05, 0) is 38.1 Å². The van der Waals surface area contributed by atoms with Crippen LogP contribution in [0.15, 0.2) is 0 Å². The number of carboxylic acid groups (broad SMARTS) is 1. The molecule has 0 bridgehead atoms. The molecule has 19 heavy (non-hydrogen) atoms. The highest BCUT2D eigenvalue weighted by Crippen LogP contribution is 2.24. The van der Waals surface area contributed by atoms with E-state index in [9.17, 15) is 9.59 Å². The number of aliphatic carboxylic acids is 1. The van der Waals surface area contributed by atoms with Gasteiger partial charge in [-0.2, -0.15) is 0 Å². The molecule has 0 aromatic heterocycles. The fourth-order valence-electron chi connectivity index (χ4n) is 3.26. The second kappa shape index (κ2) is 6.37. The molecule has 1 amide bonds. The van der Waals surface area contributed by atoms with Crippen LogP contribution in [-0.2, 0) is 9.59 Å². The lowest BCUT2D eigenvalue weighted by Crippen LogP contribution is -2.47. The number of nitrogens with one attached hydrogen (secondary N) is 1. The zero-order valence-electron chi connectivity index (χ0n) is 11.6. The molecule has 3 unspecified atom stereocenters. The predicted molar refractivity (Wildman–Crippen MR) is 71.8 cm³/mol. The standard InChI is InChI=1S/C14H24N2O3/c1-10-5-2-3-6-11(10)15-13(17)9-16-8-4-7-12(16)14(18)19/h10-12H,2-9H2,1H3,(H,15,17)(H,18,19). The van der Waals surface area contributed by atoms with Crippen LogP contribution in [-0.4, -0.2) is 47.1 Å². The van der Waals surface area contributed by atoms with Crippen molar-refractivity contribution in [2.45, 2.75) is 57.5 Å². The first-order chi connectivity index (χ1) is 9.08. The third-order valence-corrected chi connectivity index (χ3v) is 4.45. The lowest BCUT2D eigenvalue weighted by Gasteiger charge is -2.30. The summed E-state index contributed by atoms with van der Waals surface area (Å²) in [6.45, 7) is 3.12. The normalized spacial score (nSPS) is 32.2. The minimum absolute atomic E-state index is 0.0214. The zero-order valence-corrected chi connectivity index (χ0v) is 11.6. The lowest BCUT2D eigenvalue weighted by atomic mass is 9.86. The molecule has 2 fully saturated rings. The van der Waals surface area contributed by atoms with Gasteiger partial charge in [-0.25, -0.2) is 0 Å². The van der Waals surface area contributed by atoms with Gasteiger partial charge >= 0.3 is 5.97 Å². The number of hydrogen-bond acceptors (Lipinski definition) is 3. The van der Waals surface area contributed by atoms with Crippen LogP contribution < -0.4 is 5.32 Å². The number of hydrogen-bond donors (Lipinski definition) is 2. The summed E-state index contributed by atoms with van der Waals surface area (Å²) in [5.41, 5.74) is 0. The summed E-state index contributed by atoms with van der Waals surface area (Å²) in [6.07, 6.45) is 6.17. The number of rotatable bonds is 4. The number of nitrogens with zero attached hydrogens (tertiary/aromatic N) is 1. The highest BCUT2D eigenvalue weighted by molar-refractivity contribution is 5.80. The van der Waals surface area contributed by atoms with Gasteiger partial charge in [0.15, 0.2) is 0 Å². The quantitative estimate of drug-likeness (QED) is 0.804. The molecule has 5 heteroatoms. The van der Waals surface area contributed by atoms with E-state index >= 15 is 0 Å². The van der Waals surface area contributed by atoms with Crippen molar-refractivity contribution in [1.29, 1.82) is 0 Å². The van der Waals surface area contributed by atoms with Gasteiger partial charge in [-0.15, -0.1) is 0 Å². The summed E-state index contributed by atoms with van der Waals surface area (Å²) in [6, 6.07) is -0.207. The van der Waals surface area contributed by atoms with Crippen LogP contribution in [0.2, 0.25) is 0 Å². The van der Waals surface area contributed by atoms with Crippen molar-refractivity contribution in [3.8, 4) is 0 Å². The van der Waals surface area contributed by atoms with E-state index in [-0.39, 0.29) is 18.5 Å². The van der Waals surface area contributed by atoms with Crippen LogP contribution >= 0.6 is 0 Å². The van der Waals surface area contributed by atoms with E-state index in [0.29, 0.717) is 18.9 Å². The first kappa shape index (κ1) is 14.3. The van der Waals surface area contributed by atoms with Crippen molar-refractivity contribution in [1.82, 2.24) is 10.2 Å². The Bertz CT molecular complexity index is 346. The Hall–Kier alpha value is -1.10. The van der Waals surface area contributed by atoms with Crippen molar-refractivity contribution in [3.63, 3.8) is 0 Å². The van der Waals surface area contributed by atoms with E-state index in [0.717, 1.165) is 12.8 Å². The predicted octanol–water partition coefficient (Wildman–Crippen LogP) is 1.23. The van der Waals surface area contributed by atoms with Crippen LogP contribution in [0.3, 0.4) is 0 Å². The molecule has 0 aromatic rings. The van der Waals surface area contributed by atoms with Gasteiger partial charge in [0.25, 0.3) is 0 Å². The molecular weight excluding hydrogens is 244 g/mol. The van der Waals surface area contributed by atoms with Gasteiger partial charge in [-0.1, -0.05) is 19.8 Å². The summed E-state index contributed by atoms with van der Waals surface area (Å²) in [4.78, 5) is 24.9. The molecule has 1 aliphatic heterocycles. The molecule has 3 atom stereocenters. The maximum absolute atomic E-state index is 12.0. The number of carbonyl (C=O) groups is 2. The molecule has 2 rings (SSSR count). The maximum atomic E-state index is 12.0. The molecule has 0 spiro atoms. The van der Waals surface area contributed by atoms with Crippen LogP contribution in [0.4, 0.5) is 0 Å². The second-order valence-corrected chi connectivity index (χ2v) is 5.90. The average Bonchev–Trinajstić information content (AvgIpc) is 2.80. The molecule has 108 valence electrons. The van der Waals surface area contributed by atoms with Gasteiger partial charge < -0.3 is 10.4 Å². The molecule has 2 aliphatic rings. The van der Waals surface area contributed by atoms with E-state index in [1.54, 1.807) is 4.90 Å². The van der Waals surface area contributed by atoms with Crippen molar-refractivity contribution in [2.75, 3.05) is 13.1 Å². The molecule has 1 aliphatic carbocycles. The van der Waals surface area contributed by atoms with Crippen molar-refractivity contribution in [3.05, 3.63) is 0 Å². The summed E-state index contributed by atoms with van der Waals surface area (Å²) >= 11 is 0. The maximum Gasteiger partial charge on any atom is 0.320 e. The highest BCUT2D eigenvalue weighted by Gasteiger charge is 2.32. The molecule has 1 heterocycles. The van der Waals surface area contributed by atoms with Crippen LogP contribution in [0, 0.1) is 5.92 Å². The summed E-state index contributed by atoms with van der Waals surface area (Å²) < 4.78 is 0. The monoisotopic (exact) mass is 268 g/mol. The third-order valence-electron chi connectivity index (χ3n) is 4.45. The fraction of sp³-hybridized carbons (Fsp3) is 0.857. The molecule has 1 saturated heterocycles. The molecule has 2 N–H and O–H groups in total. The van der Waals surface area contributed by atoms with Crippen molar-refractivity contribution in [2.24, 2.45) is 5.92 Å². The Labute approximate surface area is 114 Å². The summed E-state index contributed by atoms with van der Waals surface area (Å²) in [5.74, 6) is -0.296. The molecule has 5 nitrogen and oxygen atoms in total. The second-order valence-electron chi connectivity index (χ2n) is 5.90. The van der Waals surface area contributed by atoms with E-state index in [1.807, 2.05) is 0 Å². The zero-order chi connectivity index (χ0) is 13.8. The van der Waals surface area contributed by atoms with Crippen LogP contribution in [0.5, 0.6) is 0 Å². The number of amides is 1. The van der Waals surface area contributed by atoms with Crippen molar-refractivity contribution >= 4 is 11.9 Å². The van der Waals surface area contributed by atoms with Gasteiger partial charge in [0.2, 0.25) is 5.91 Å². The number of carboxylic acids is 1. The van der Waals surface area contributed by atoms with E-state index in [1.165, 1.54) is 19.3 Å². The number of likely N-dealkylation sites (tertiary alicyclic amines) is 1. The Morgan fingerprint density at radius 3 is 2.63 bits per heavy atom. The van der Waals surface area contributed by atoms with E-state index in [4.69, 9.17) is 5.11 Å². The Kier molecular flexibility index (Phi) is 4.80. The van der Waals surface area contributed by atoms with E-state index < -0.39 is 12.0 Å². The highest BCUT2D eigenvalue weighted by atomic mass is 16.4. The van der Waals surface area contributed by atoms with Gasteiger partial charge in [0, 0.05) is 6.04 Å². The van der Waals surface area contributed by atoms with Gasteiger partial charge in [-0.3, -0.25) is 14.5 Å². The number of carbonyl (C=O) groups excluding carboxylic acids is 1. The van der Waals surface area contributed by atoms with Gasteiger partial charge in [0.05, 0.1) is 6.54 Å². The minimum Gasteiger partial charge on any atom is -0.480 e. The minimum atomic E-state index is -0.809. The topological polar surface area (TPSA) is 69.6 Å². The Morgan fingerprint density at radius 1 is 1.21 bits per heavy atom. The molecule has 1 saturated carbocycles. The van der Waals surface area contributed by atoms with Gasteiger partial charge in [0.1, 0.15) is 6.04 Å². The lowest BCUT2D eigenvalue weighted by molar-refractivity contribution is -0.142. The first-order valence-electron chi connectivity index (χ1n) is 7.34. The molecule has 0 radical (unpaired) electrons. The average molecular weight is 268 g/mol. The SMILES string of the molecule is CC1CCCCC1NC(=O)CN1CCCC1C(=O)O. The van der Waals surface area contributed by atoms with Crippen molar-refractivity contribution < 1.29 is 14.7 Å².